The number of carbonyl (C=O) groups is 1. The van der Waals surface area contributed by atoms with Gasteiger partial charge in [-0.1, -0.05) is 44.2 Å². The Hall–Kier alpha value is -3.41. The van der Waals surface area contributed by atoms with Crippen molar-refractivity contribution < 1.29 is 4.79 Å². The van der Waals surface area contributed by atoms with E-state index in [0.717, 1.165) is 27.8 Å². The predicted molar refractivity (Wildman–Crippen MR) is 115 cm³/mol. The van der Waals surface area contributed by atoms with Gasteiger partial charge < -0.3 is 14.5 Å². The molecule has 0 bridgehead atoms. The standard InChI is InChI=1S/C23H24N4O2/c1-14(2)21(22-24-17-10-6-8-12-19(17)27(22)4)25-23(29)16-13-20(28)26(3)18-11-7-5-9-15(16)18/h5-14,21H,1-4H3,(H,25,29)/t21-/m0/s1. The van der Waals surface area contributed by atoms with Crippen molar-refractivity contribution in [3.8, 4) is 0 Å². The van der Waals surface area contributed by atoms with Crippen LogP contribution in [0.4, 0.5) is 0 Å². The summed E-state index contributed by atoms with van der Waals surface area (Å²) in [5, 5.41) is 3.87. The molecule has 1 amide bonds. The van der Waals surface area contributed by atoms with Gasteiger partial charge in [0.1, 0.15) is 5.82 Å². The molecule has 0 aliphatic heterocycles. The zero-order valence-electron chi connectivity index (χ0n) is 17.0. The highest BCUT2D eigenvalue weighted by Gasteiger charge is 2.25. The Labute approximate surface area is 168 Å². The number of hydrogen-bond acceptors (Lipinski definition) is 3. The third kappa shape index (κ3) is 3.20. The quantitative estimate of drug-likeness (QED) is 0.581. The van der Waals surface area contributed by atoms with Crippen molar-refractivity contribution in [1.82, 2.24) is 19.4 Å². The van der Waals surface area contributed by atoms with Gasteiger partial charge in [0.25, 0.3) is 11.5 Å². The third-order valence-electron chi connectivity index (χ3n) is 5.45. The molecule has 148 valence electrons. The molecule has 6 nitrogen and oxygen atoms in total. The van der Waals surface area contributed by atoms with Gasteiger partial charge >= 0.3 is 0 Å². The van der Waals surface area contributed by atoms with Gasteiger partial charge in [-0.15, -0.1) is 0 Å². The summed E-state index contributed by atoms with van der Waals surface area (Å²) in [7, 11) is 3.67. The lowest BCUT2D eigenvalue weighted by atomic mass is 10.0. The van der Waals surface area contributed by atoms with Crippen LogP contribution in [0.25, 0.3) is 21.9 Å². The normalized spacial score (nSPS) is 12.6. The maximum Gasteiger partial charge on any atom is 0.252 e. The van der Waals surface area contributed by atoms with Gasteiger partial charge in [0, 0.05) is 25.5 Å². The van der Waals surface area contributed by atoms with Gasteiger partial charge in [0.15, 0.2) is 0 Å². The van der Waals surface area contributed by atoms with Crippen LogP contribution in [-0.2, 0) is 14.1 Å². The van der Waals surface area contributed by atoms with E-state index in [1.165, 1.54) is 6.07 Å². The number of carbonyl (C=O) groups excluding carboxylic acids is 1. The van der Waals surface area contributed by atoms with Gasteiger partial charge in [-0.3, -0.25) is 9.59 Å². The second kappa shape index (κ2) is 7.20. The summed E-state index contributed by atoms with van der Waals surface area (Å²) in [6.45, 7) is 4.10. The van der Waals surface area contributed by atoms with E-state index in [-0.39, 0.29) is 23.4 Å². The Kier molecular flexibility index (Phi) is 4.70. The number of rotatable bonds is 4. The molecule has 6 heteroatoms. The number of benzene rings is 2. The number of aromatic nitrogens is 3. The van der Waals surface area contributed by atoms with Crippen LogP contribution in [0.3, 0.4) is 0 Å². The Morgan fingerprint density at radius 1 is 0.966 bits per heavy atom. The van der Waals surface area contributed by atoms with Crippen LogP contribution in [0.15, 0.2) is 59.4 Å². The molecule has 4 rings (SSSR count). The van der Waals surface area contributed by atoms with Crippen LogP contribution in [0.5, 0.6) is 0 Å². The molecule has 0 radical (unpaired) electrons. The molecule has 0 saturated heterocycles. The van der Waals surface area contributed by atoms with Gasteiger partial charge in [-0.25, -0.2) is 4.98 Å². The van der Waals surface area contributed by atoms with Crippen LogP contribution in [-0.4, -0.2) is 20.0 Å². The van der Waals surface area contributed by atoms with Crippen molar-refractivity contribution in [1.29, 1.82) is 0 Å². The molecule has 29 heavy (non-hydrogen) atoms. The van der Waals surface area contributed by atoms with Crippen molar-refractivity contribution in [2.75, 3.05) is 0 Å². The zero-order chi connectivity index (χ0) is 20.7. The maximum absolute atomic E-state index is 13.2. The van der Waals surface area contributed by atoms with E-state index < -0.39 is 0 Å². The molecule has 0 saturated carbocycles. The fourth-order valence-electron chi connectivity index (χ4n) is 3.79. The van der Waals surface area contributed by atoms with Crippen molar-refractivity contribution >= 4 is 27.8 Å². The number of para-hydroxylation sites is 3. The molecule has 0 spiro atoms. The largest absolute Gasteiger partial charge is 0.342 e. The van der Waals surface area contributed by atoms with Crippen LogP contribution in [0.2, 0.25) is 0 Å². The summed E-state index contributed by atoms with van der Waals surface area (Å²) in [6, 6.07) is 16.5. The van der Waals surface area contributed by atoms with E-state index >= 15 is 0 Å². The highest BCUT2D eigenvalue weighted by Crippen LogP contribution is 2.26. The first-order valence-electron chi connectivity index (χ1n) is 9.69. The Bertz CT molecular complexity index is 1280. The molecule has 0 fully saturated rings. The monoisotopic (exact) mass is 388 g/mol. The average molecular weight is 388 g/mol. The molecule has 0 unspecified atom stereocenters. The van der Waals surface area contributed by atoms with Gasteiger partial charge in [0.05, 0.1) is 28.2 Å². The van der Waals surface area contributed by atoms with E-state index in [2.05, 4.69) is 5.32 Å². The SMILES string of the molecule is CC(C)[C@H](NC(=O)c1cc(=O)n(C)c2ccccc12)c1nc2ccccc2n1C. The van der Waals surface area contributed by atoms with E-state index in [9.17, 15) is 9.59 Å². The van der Waals surface area contributed by atoms with Gasteiger partial charge in [0.2, 0.25) is 0 Å². The number of aryl methyl sites for hydroxylation is 2. The lowest BCUT2D eigenvalue weighted by Crippen LogP contribution is -2.34. The van der Waals surface area contributed by atoms with E-state index in [1.807, 2.05) is 74.0 Å². The molecule has 1 atom stereocenters. The highest BCUT2D eigenvalue weighted by molar-refractivity contribution is 6.06. The van der Waals surface area contributed by atoms with E-state index in [1.54, 1.807) is 11.6 Å². The molecule has 0 aliphatic carbocycles. The average Bonchev–Trinajstić information content (AvgIpc) is 3.05. The number of fused-ring (bicyclic) bond motifs is 2. The summed E-state index contributed by atoms with van der Waals surface area (Å²) in [5.74, 6) is 0.639. The first-order chi connectivity index (χ1) is 13.9. The number of pyridine rings is 1. The highest BCUT2D eigenvalue weighted by atomic mass is 16.2. The summed E-state index contributed by atoms with van der Waals surface area (Å²) < 4.78 is 3.57. The molecular formula is C23H24N4O2. The molecule has 2 heterocycles. The minimum absolute atomic E-state index is 0.118. The summed E-state index contributed by atoms with van der Waals surface area (Å²) in [4.78, 5) is 30.4. The van der Waals surface area contributed by atoms with E-state index in [0.29, 0.717) is 5.56 Å². The van der Waals surface area contributed by atoms with Crippen molar-refractivity contribution in [2.24, 2.45) is 20.0 Å². The fraction of sp³-hybridized carbons (Fsp3) is 0.261. The molecule has 2 aromatic carbocycles. The molecule has 1 N–H and O–H groups in total. The first-order valence-corrected chi connectivity index (χ1v) is 9.69. The molecule has 0 aliphatic rings. The van der Waals surface area contributed by atoms with Crippen molar-refractivity contribution in [3.63, 3.8) is 0 Å². The topological polar surface area (TPSA) is 68.9 Å². The number of nitrogens with zero attached hydrogens (tertiary/aromatic N) is 3. The summed E-state index contributed by atoms with van der Waals surface area (Å²) >= 11 is 0. The lowest BCUT2D eigenvalue weighted by molar-refractivity contribution is 0.0924. The molecule has 2 aromatic heterocycles. The second-order valence-electron chi connectivity index (χ2n) is 7.69. The van der Waals surface area contributed by atoms with Crippen LogP contribution < -0.4 is 10.9 Å². The van der Waals surface area contributed by atoms with Crippen LogP contribution in [0, 0.1) is 5.92 Å². The Morgan fingerprint density at radius 3 is 2.31 bits per heavy atom. The zero-order valence-corrected chi connectivity index (χ0v) is 17.0. The number of imidazole rings is 1. The smallest absolute Gasteiger partial charge is 0.252 e. The first kappa shape index (κ1) is 18.9. The van der Waals surface area contributed by atoms with E-state index in [4.69, 9.17) is 4.98 Å². The Morgan fingerprint density at radius 2 is 1.62 bits per heavy atom. The third-order valence-corrected chi connectivity index (χ3v) is 5.45. The number of hydrogen-bond donors (Lipinski definition) is 1. The summed E-state index contributed by atoms with van der Waals surface area (Å²) in [6.07, 6.45) is 0. The van der Waals surface area contributed by atoms with Gasteiger partial charge in [-0.05, 0) is 24.1 Å². The molecular weight excluding hydrogens is 364 g/mol. The minimum atomic E-state index is -0.289. The lowest BCUT2D eigenvalue weighted by Gasteiger charge is -2.22. The number of amides is 1. The number of nitrogens with one attached hydrogen (secondary N) is 1. The van der Waals surface area contributed by atoms with Crippen molar-refractivity contribution in [3.05, 3.63) is 76.3 Å². The van der Waals surface area contributed by atoms with Gasteiger partial charge in [-0.2, -0.15) is 0 Å². The fourth-order valence-corrected chi connectivity index (χ4v) is 3.79. The van der Waals surface area contributed by atoms with Crippen LogP contribution in [0.1, 0.15) is 36.1 Å². The minimum Gasteiger partial charge on any atom is -0.342 e. The summed E-state index contributed by atoms with van der Waals surface area (Å²) in [5.41, 5.74) is 2.81. The maximum atomic E-state index is 13.2. The van der Waals surface area contributed by atoms with Crippen LogP contribution >= 0.6 is 0 Å². The molecule has 4 aromatic rings. The second-order valence-corrected chi connectivity index (χ2v) is 7.69. The Balaban J connectivity index is 1.78. The predicted octanol–water partition coefficient (Wildman–Crippen LogP) is 3.55. The van der Waals surface area contributed by atoms with Crippen molar-refractivity contribution in [2.45, 2.75) is 19.9 Å².